The van der Waals surface area contributed by atoms with E-state index in [1.54, 1.807) is 0 Å². The van der Waals surface area contributed by atoms with Crippen LogP contribution < -0.4 is 4.90 Å². The van der Waals surface area contributed by atoms with Crippen molar-refractivity contribution in [1.82, 2.24) is 4.90 Å². The Morgan fingerprint density at radius 3 is 2.71 bits per heavy atom. The topological polar surface area (TPSA) is 26.7 Å². The van der Waals surface area contributed by atoms with Crippen LogP contribution in [0, 0.1) is 0 Å². The highest BCUT2D eigenvalue weighted by atomic mass is 35.5. The molecule has 2 unspecified atom stereocenters. The van der Waals surface area contributed by atoms with Gasteiger partial charge in [0.25, 0.3) is 0 Å². The fourth-order valence-electron chi connectivity index (χ4n) is 2.43. The van der Waals surface area contributed by atoms with E-state index in [1.807, 2.05) is 24.3 Å². The van der Waals surface area contributed by atoms with E-state index in [-0.39, 0.29) is 12.6 Å². The number of rotatable bonds is 2. The number of hydrogen-bond donors (Lipinski definition) is 1. The molecule has 0 aliphatic carbocycles. The van der Waals surface area contributed by atoms with Crippen LogP contribution >= 0.6 is 11.6 Å². The molecule has 1 aromatic carbocycles. The molecule has 0 radical (unpaired) electrons. The minimum atomic E-state index is 0.183. The summed E-state index contributed by atoms with van der Waals surface area (Å²) in [5, 5.41) is 10.2. The molecule has 0 amide bonds. The third-order valence-electron chi connectivity index (χ3n) is 3.49. The first-order valence-electron chi connectivity index (χ1n) is 5.95. The lowest BCUT2D eigenvalue weighted by atomic mass is 10.1. The number of para-hydroxylation sites is 1. The predicted octanol–water partition coefficient (Wildman–Crippen LogP) is 1.84. The summed E-state index contributed by atoms with van der Waals surface area (Å²) in [7, 11) is 2.06. The second-order valence-electron chi connectivity index (χ2n) is 4.73. The lowest BCUT2D eigenvalue weighted by Gasteiger charge is -2.44. The van der Waals surface area contributed by atoms with E-state index in [0.717, 1.165) is 23.8 Å². The molecule has 0 spiro atoms. The van der Waals surface area contributed by atoms with Crippen LogP contribution in [-0.2, 0) is 0 Å². The van der Waals surface area contributed by atoms with Crippen molar-refractivity contribution in [2.24, 2.45) is 0 Å². The predicted molar refractivity (Wildman–Crippen MR) is 71.8 cm³/mol. The van der Waals surface area contributed by atoms with E-state index in [0.29, 0.717) is 6.04 Å². The summed E-state index contributed by atoms with van der Waals surface area (Å²) in [5.74, 6) is 0. The Bertz CT molecular complexity index is 385. The molecular formula is C13H19ClN2O. The van der Waals surface area contributed by atoms with Crippen LogP contribution in [0.3, 0.4) is 0 Å². The molecule has 1 saturated heterocycles. The van der Waals surface area contributed by atoms with Crippen molar-refractivity contribution in [3.05, 3.63) is 29.3 Å². The summed E-state index contributed by atoms with van der Waals surface area (Å²) in [5.41, 5.74) is 1.06. The molecular weight excluding hydrogens is 236 g/mol. The van der Waals surface area contributed by atoms with E-state index in [9.17, 15) is 5.11 Å². The Kier molecular flexibility index (Phi) is 3.92. The number of anilines is 1. The molecule has 4 heteroatoms. The molecule has 94 valence electrons. The van der Waals surface area contributed by atoms with Crippen molar-refractivity contribution >= 4 is 17.3 Å². The van der Waals surface area contributed by atoms with Gasteiger partial charge >= 0.3 is 0 Å². The van der Waals surface area contributed by atoms with Gasteiger partial charge in [-0.1, -0.05) is 23.7 Å². The van der Waals surface area contributed by atoms with Crippen LogP contribution in [0.2, 0.25) is 5.02 Å². The number of benzene rings is 1. The third kappa shape index (κ3) is 2.57. The first kappa shape index (κ1) is 12.7. The van der Waals surface area contributed by atoms with E-state index >= 15 is 0 Å². The van der Waals surface area contributed by atoms with Crippen molar-refractivity contribution in [3.63, 3.8) is 0 Å². The van der Waals surface area contributed by atoms with Crippen LogP contribution in [0.15, 0.2) is 24.3 Å². The summed E-state index contributed by atoms with van der Waals surface area (Å²) in [4.78, 5) is 4.49. The number of hydrogen-bond acceptors (Lipinski definition) is 3. The van der Waals surface area contributed by atoms with Gasteiger partial charge in [0, 0.05) is 19.1 Å². The molecule has 1 heterocycles. The van der Waals surface area contributed by atoms with Crippen molar-refractivity contribution in [2.75, 3.05) is 31.6 Å². The van der Waals surface area contributed by atoms with Gasteiger partial charge in [0.2, 0.25) is 0 Å². The smallest absolute Gasteiger partial charge is 0.0639 e. The van der Waals surface area contributed by atoms with E-state index < -0.39 is 0 Å². The number of halogens is 1. The summed E-state index contributed by atoms with van der Waals surface area (Å²) in [6, 6.07) is 8.48. The van der Waals surface area contributed by atoms with Gasteiger partial charge in [0.05, 0.1) is 23.4 Å². The highest BCUT2D eigenvalue weighted by Gasteiger charge is 2.29. The molecule has 17 heavy (non-hydrogen) atoms. The van der Waals surface area contributed by atoms with Gasteiger partial charge in [-0.3, -0.25) is 4.90 Å². The highest BCUT2D eigenvalue weighted by Crippen LogP contribution is 2.29. The lowest BCUT2D eigenvalue weighted by Crippen LogP contribution is -2.57. The molecule has 0 saturated carbocycles. The number of likely N-dealkylation sites (N-methyl/N-ethyl adjacent to an activating group) is 1. The van der Waals surface area contributed by atoms with Gasteiger partial charge in [0.15, 0.2) is 0 Å². The third-order valence-corrected chi connectivity index (χ3v) is 3.81. The second kappa shape index (κ2) is 5.25. The van der Waals surface area contributed by atoms with Gasteiger partial charge in [-0.2, -0.15) is 0 Å². The number of nitrogens with zero attached hydrogens (tertiary/aromatic N) is 2. The molecule has 3 nitrogen and oxygen atoms in total. The Morgan fingerprint density at radius 2 is 2.06 bits per heavy atom. The Labute approximate surface area is 108 Å². The standard InChI is InChI=1S/C13H19ClN2O/c1-10-7-15(2)11(9-17)8-16(10)13-6-4-3-5-12(13)14/h3-6,10-11,17H,7-9H2,1-2H3. The maximum absolute atomic E-state index is 9.38. The molecule has 1 N–H and O–H groups in total. The van der Waals surface area contributed by atoms with Crippen molar-refractivity contribution in [1.29, 1.82) is 0 Å². The summed E-state index contributed by atoms with van der Waals surface area (Å²) in [6.45, 7) is 4.13. The first-order chi connectivity index (χ1) is 8.13. The molecule has 1 fully saturated rings. The zero-order valence-corrected chi connectivity index (χ0v) is 11.1. The Balaban J connectivity index is 2.23. The SMILES string of the molecule is CC1CN(C)C(CO)CN1c1ccccc1Cl. The molecule has 1 aromatic rings. The number of aliphatic hydroxyl groups is 1. The van der Waals surface area contributed by atoms with Gasteiger partial charge < -0.3 is 10.0 Å². The normalized spacial score (nSPS) is 26.2. The molecule has 1 aliphatic rings. The number of aliphatic hydroxyl groups excluding tert-OH is 1. The molecule has 0 aromatic heterocycles. The van der Waals surface area contributed by atoms with E-state index in [4.69, 9.17) is 11.6 Å². The quantitative estimate of drug-likeness (QED) is 0.873. The zero-order valence-electron chi connectivity index (χ0n) is 10.3. The van der Waals surface area contributed by atoms with Crippen molar-refractivity contribution < 1.29 is 5.11 Å². The van der Waals surface area contributed by atoms with E-state index in [1.165, 1.54) is 0 Å². The van der Waals surface area contributed by atoms with Crippen LogP contribution in [-0.4, -0.2) is 48.8 Å². The summed E-state index contributed by atoms with van der Waals surface area (Å²) in [6.07, 6.45) is 0. The first-order valence-corrected chi connectivity index (χ1v) is 6.33. The minimum Gasteiger partial charge on any atom is -0.395 e. The van der Waals surface area contributed by atoms with Gasteiger partial charge in [-0.15, -0.1) is 0 Å². The van der Waals surface area contributed by atoms with E-state index in [2.05, 4.69) is 23.8 Å². The van der Waals surface area contributed by atoms with Gasteiger partial charge in [-0.25, -0.2) is 0 Å². The molecule has 2 atom stereocenters. The fourth-order valence-corrected chi connectivity index (χ4v) is 2.67. The van der Waals surface area contributed by atoms with Crippen molar-refractivity contribution in [2.45, 2.75) is 19.0 Å². The summed E-state index contributed by atoms with van der Waals surface area (Å²) < 4.78 is 0. The second-order valence-corrected chi connectivity index (χ2v) is 5.14. The molecule has 0 bridgehead atoms. The maximum Gasteiger partial charge on any atom is 0.0639 e. The monoisotopic (exact) mass is 254 g/mol. The highest BCUT2D eigenvalue weighted by molar-refractivity contribution is 6.33. The largest absolute Gasteiger partial charge is 0.395 e. The Hall–Kier alpha value is -0.770. The van der Waals surface area contributed by atoms with Crippen molar-refractivity contribution in [3.8, 4) is 0 Å². The van der Waals surface area contributed by atoms with Gasteiger partial charge in [-0.05, 0) is 26.1 Å². The summed E-state index contributed by atoms with van der Waals surface area (Å²) >= 11 is 6.23. The number of piperazine rings is 1. The molecule has 2 rings (SSSR count). The Morgan fingerprint density at radius 1 is 1.35 bits per heavy atom. The average Bonchev–Trinajstić information content (AvgIpc) is 2.31. The van der Waals surface area contributed by atoms with Crippen LogP contribution in [0.4, 0.5) is 5.69 Å². The molecule has 1 aliphatic heterocycles. The van der Waals surface area contributed by atoms with Gasteiger partial charge in [0.1, 0.15) is 0 Å². The van der Waals surface area contributed by atoms with Crippen LogP contribution in [0.25, 0.3) is 0 Å². The van der Waals surface area contributed by atoms with Crippen LogP contribution in [0.5, 0.6) is 0 Å². The maximum atomic E-state index is 9.38. The fraction of sp³-hybridized carbons (Fsp3) is 0.538. The minimum absolute atomic E-state index is 0.183. The van der Waals surface area contributed by atoms with Crippen LogP contribution in [0.1, 0.15) is 6.92 Å². The average molecular weight is 255 g/mol. The zero-order chi connectivity index (χ0) is 12.4. The lowest BCUT2D eigenvalue weighted by molar-refractivity contribution is 0.122.